The van der Waals surface area contributed by atoms with E-state index in [1.165, 1.54) is 24.3 Å². The van der Waals surface area contributed by atoms with E-state index in [-0.39, 0.29) is 12.1 Å². The highest BCUT2D eigenvalue weighted by atomic mass is 35.5. The maximum atomic E-state index is 13.2. The second kappa shape index (κ2) is 8.62. The van der Waals surface area contributed by atoms with Gasteiger partial charge in [-0.25, -0.2) is 8.42 Å². The van der Waals surface area contributed by atoms with Gasteiger partial charge < -0.3 is 5.32 Å². The van der Waals surface area contributed by atoms with E-state index < -0.39 is 39.4 Å². The fraction of sp³-hybridized carbons (Fsp3) is 0.316. The summed E-state index contributed by atoms with van der Waals surface area (Å²) in [7, 11) is -3.94. The van der Waals surface area contributed by atoms with Gasteiger partial charge in [0, 0.05) is 5.02 Å². The van der Waals surface area contributed by atoms with Crippen LogP contribution in [0.2, 0.25) is 5.02 Å². The molecule has 1 N–H and O–H groups in total. The number of carbonyl (C=O) groups excluding carboxylic acids is 1. The molecule has 0 aliphatic heterocycles. The highest BCUT2D eigenvalue weighted by molar-refractivity contribution is 7.92. The molecule has 5 nitrogen and oxygen atoms in total. The van der Waals surface area contributed by atoms with E-state index in [4.69, 9.17) is 11.6 Å². The van der Waals surface area contributed by atoms with Crippen molar-refractivity contribution in [1.29, 1.82) is 0 Å². The molecule has 2 aromatic rings. The van der Waals surface area contributed by atoms with E-state index in [1.54, 1.807) is 19.9 Å². The Kier molecular flexibility index (Phi) is 6.85. The van der Waals surface area contributed by atoms with E-state index in [1.807, 2.05) is 0 Å². The third kappa shape index (κ3) is 5.42. The molecule has 0 aliphatic rings. The minimum absolute atomic E-state index is 0.0264. The van der Waals surface area contributed by atoms with Crippen molar-refractivity contribution in [2.75, 3.05) is 15.9 Å². The van der Waals surface area contributed by atoms with Crippen LogP contribution in [0.15, 0.2) is 42.5 Å². The van der Waals surface area contributed by atoms with E-state index >= 15 is 0 Å². The summed E-state index contributed by atoms with van der Waals surface area (Å²) in [6.45, 7) is 3.29. The van der Waals surface area contributed by atoms with Gasteiger partial charge in [0.05, 0.1) is 23.2 Å². The summed E-state index contributed by atoms with van der Waals surface area (Å²) < 4.78 is 65.3. The number of halogens is 4. The zero-order chi connectivity index (χ0) is 22.0. The predicted molar refractivity (Wildman–Crippen MR) is 108 cm³/mol. The number of hydrogen-bond donors (Lipinski definition) is 1. The van der Waals surface area contributed by atoms with Crippen LogP contribution in [0.5, 0.6) is 0 Å². The molecule has 2 aromatic carbocycles. The van der Waals surface area contributed by atoms with Gasteiger partial charge >= 0.3 is 6.18 Å². The molecular formula is C19H20ClF3N2O3S. The molecule has 0 spiro atoms. The molecule has 0 aliphatic carbocycles. The standard InChI is InChI=1S/C19H20ClF3N2O3S/c1-4-17(18(26)24-16-8-6-5-7-14(16)19(21,22)23)25(29(3,27)28)13-10-9-12(2)15(20)11-13/h5-11,17H,4H2,1-3H3,(H,24,26). The lowest BCUT2D eigenvalue weighted by atomic mass is 10.1. The molecule has 1 atom stereocenters. The number of carbonyl (C=O) groups is 1. The Balaban J connectivity index is 2.46. The SMILES string of the molecule is CCC(C(=O)Nc1ccccc1C(F)(F)F)N(c1ccc(C)c(Cl)c1)S(C)(=O)=O. The lowest BCUT2D eigenvalue weighted by Gasteiger charge is -2.30. The summed E-state index contributed by atoms with van der Waals surface area (Å²) in [5, 5.41) is 2.52. The smallest absolute Gasteiger partial charge is 0.324 e. The highest BCUT2D eigenvalue weighted by Gasteiger charge is 2.36. The summed E-state index contributed by atoms with van der Waals surface area (Å²) in [6, 6.07) is 7.71. The van der Waals surface area contributed by atoms with Crippen LogP contribution in [0, 0.1) is 6.92 Å². The molecule has 1 unspecified atom stereocenters. The number of sulfonamides is 1. The van der Waals surface area contributed by atoms with Crippen LogP contribution in [0.3, 0.4) is 0 Å². The molecule has 0 saturated heterocycles. The van der Waals surface area contributed by atoms with Crippen LogP contribution < -0.4 is 9.62 Å². The van der Waals surface area contributed by atoms with Crippen LogP contribution in [0.25, 0.3) is 0 Å². The van der Waals surface area contributed by atoms with Crippen molar-refractivity contribution in [3.05, 3.63) is 58.6 Å². The van der Waals surface area contributed by atoms with Gasteiger partial charge in [-0.1, -0.05) is 36.7 Å². The second-order valence-corrected chi connectivity index (χ2v) is 8.72. The van der Waals surface area contributed by atoms with E-state index in [9.17, 15) is 26.4 Å². The van der Waals surface area contributed by atoms with E-state index in [0.29, 0.717) is 10.6 Å². The molecule has 2 rings (SSSR count). The highest BCUT2D eigenvalue weighted by Crippen LogP contribution is 2.35. The normalized spacial score (nSPS) is 13.1. The Labute approximate surface area is 172 Å². The van der Waals surface area contributed by atoms with Crippen molar-refractivity contribution in [3.8, 4) is 0 Å². The predicted octanol–water partition coefficient (Wildman–Crippen LogP) is 4.85. The van der Waals surface area contributed by atoms with Crippen molar-refractivity contribution < 1.29 is 26.4 Å². The van der Waals surface area contributed by atoms with Crippen LogP contribution in [-0.2, 0) is 21.0 Å². The number of nitrogens with zero attached hydrogens (tertiary/aromatic N) is 1. The number of aryl methyl sites for hydroxylation is 1. The number of alkyl halides is 3. The molecule has 29 heavy (non-hydrogen) atoms. The summed E-state index contributed by atoms with van der Waals surface area (Å²) in [5.74, 6) is -0.883. The Bertz CT molecular complexity index is 1010. The van der Waals surface area contributed by atoms with Crippen LogP contribution >= 0.6 is 11.6 Å². The zero-order valence-corrected chi connectivity index (χ0v) is 17.5. The van der Waals surface area contributed by atoms with Gasteiger partial charge in [-0.15, -0.1) is 0 Å². The Morgan fingerprint density at radius 2 is 1.83 bits per heavy atom. The van der Waals surface area contributed by atoms with Crippen LogP contribution in [0.1, 0.15) is 24.5 Å². The first-order valence-electron chi connectivity index (χ1n) is 8.59. The van der Waals surface area contributed by atoms with Crippen molar-refractivity contribution in [2.24, 2.45) is 0 Å². The van der Waals surface area contributed by atoms with E-state index in [0.717, 1.165) is 22.7 Å². The molecular weight excluding hydrogens is 429 g/mol. The average molecular weight is 449 g/mol. The van der Waals surface area contributed by atoms with Crippen molar-refractivity contribution >= 4 is 38.9 Å². The van der Waals surface area contributed by atoms with Crippen molar-refractivity contribution in [3.63, 3.8) is 0 Å². The molecule has 1 amide bonds. The maximum absolute atomic E-state index is 13.2. The maximum Gasteiger partial charge on any atom is 0.418 e. The molecule has 0 aromatic heterocycles. The first kappa shape index (κ1) is 23.0. The molecule has 0 saturated carbocycles. The summed E-state index contributed by atoms with van der Waals surface area (Å²) >= 11 is 6.09. The summed E-state index contributed by atoms with van der Waals surface area (Å²) in [4.78, 5) is 12.8. The zero-order valence-electron chi connectivity index (χ0n) is 15.9. The molecule has 0 radical (unpaired) electrons. The minimum Gasteiger partial charge on any atom is -0.324 e. The van der Waals surface area contributed by atoms with E-state index in [2.05, 4.69) is 5.32 Å². The molecule has 0 bridgehead atoms. The van der Waals surface area contributed by atoms with Gasteiger partial charge in [-0.2, -0.15) is 13.2 Å². The number of rotatable bonds is 6. The first-order valence-corrected chi connectivity index (χ1v) is 10.8. The summed E-state index contributed by atoms with van der Waals surface area (Å²) in [5.41, 5.74) is -0.610. The van der Waals surface area contributed by atoms with Gasteiger partial charge in [-0.3, -0.25) is 9.10 Å². The van der Waals surface area contributed by atoms with Gasteiger partial charge in [-0.05, 0) is 43.2 Å². The largest absolute Gasteiger partial charge is 0.418 e. The lowest BCUT2D eigenvalue weighted by molar-refractivity contribution is -0.137. The Hall–Kier alpha value is -2.26. The fourth-order valence-electron chi connectivity index (χ4n) is 2.83. The molecule has 10 heteroatoms. The number of hydrogen-bond acceptors (Lipinski definition) is 3. The van der Waals surface area contributed by atoms with Crippen LogP contribution in [-0.4, -0.2) is 26.6 Å². The number of amides is 1. The molecule has 0 fully saturated rings. The number of benzene rings is 2. The number of para-hydroxylation sites is 1. The fourth-order valence-corrected chi connectivity index (χ4v) is 4.21. The second-order valence-electron chi connectivity index (χ2n) is 6.45. The minimum atomic E-state index is -4.67. The molecule has 158 valence electrons. The lowest BCUT2D eigenvalue weighted by Crippen LogP contribution is -2.47. The molecule has 0 heterocycles. The van der Waals surface area contributed by atoms with Crippen LogP contribution in [0.4, 0.5) is 24.5 Å². The van der Waals surface area contributed by atoms with Gasteiger partial charge in [0.1, 0.15) is 6.04 Å². The average Bonchev–Trinajstić information content (AvgIpc) is 2.60. The first-order chi connectivity index (χ1) is 13.4. The number of anilines is 2. The van der Waals surface area contributed by atoms with Gasteiger partial charge in [0.15, 0.2) is 0 Å². The number of nitrogens with one attached hydrogen (secondary N) is 1. The van der Waals surface area contributed by atoms with Gasteiger partial charge in [0.25, 0.3) is 0 Å². The Morgan fingerprint density at radius 1 is 1.21 bits per heavy atom. The van der Waals surface area contributed by atoms with Gasteiger partial charge in [0.2, 0.25) is 15.9 Å². The topological polar surface area (TPSA) is 66.5 Å². The Morgan fingerprint density at radius 3 is 2.34 bits per heavy atom. The summed E-state index contributed by atoms with van der Waals surface area (Å²) in [6.07, 6.45) is -3.73. The van der Waals surface area contributed by atoms with Crippen molar-refractivity contribution in [2.45, 2.75) is 32.5 Å². The quantitative estimate of drug-likeness (QED) is 0.687. The van der Waals surface area contributed by atoms with Crippen molar-refractivity contribution in [1.82, 2.24) is 0 Å². The third-order valence-corrected chi connectivity index (χ3v) is 5.82. The third-order valence-electron chi connectivity index (χ3n) is 4.23. The monoisotopic (exact) mass is 448 g/mol.